The summed E-state index contributed by atoms with van der Waals surface area (Å²) in [5.74, 6) is 3.15. The average molecular weight is 370 g/mol. The molecule has 4 aliphatic carbocycles. The first-order valence-corrected chi connectivity index (χ1v) is 10.7. The van der Waals surface area contributed by atoms with Crippen LogP contribution in [0.2, 0.25) is 0 Å². The zero-order chi connectivity index (χ0) is 19.0. The Morgan fingerprint density at radius 1 is 1.19 bits per heavy atom. The summed E-state index contributed by atoms with van der Waals surface area (Å²) >= 11 is 0. The first-order chi connectivity index (χ1) is 12.8. The lowest BCUT2D eigenvalue weighted by atomic mass is 9.47. The summed E-state index contributed by atoms with van der Waals surface area (Å²) < 4.78 is 11.3. The van der Waals surface area contributed by atoms with Crippen molar-refractivity contribution in [2.75, 3.05) is 0 Å². The van der Waals surface area contributed by atoms with E-state index in [9.17, 15) is 4.79 Å². The first kappa shape index (κ1) is 17.5. The molecule has 0 saturated heterocycles. The van der Waals surface area contributed by atoms with Crippen molar-refractivity contribution in [2.45, 2.75) is 84.2 Å². The number of carbonyl (C=O) groups is 1. The van der Waals surface area contributed by atoms with Crippen LogP contribution in [0.4, 0.5) is 0 Å². The van der Waals surface area contributed by atoms with Gasteiger partial charge in [0.25, 0.3) is 0 Å². The molecule has 27 heavy (non-hydrogen) atoms. The molecule has 0 unspecified atom stereocenters. The minimum absolute atomic E-state index is 0.0800. The molecule has 0 amide bonds. The number of aromatic nitrogens is 1. The van der Waals surface area contributed by atoms with E-state index < -0.39 is 0 Å². The van der Waals surface area contributed by atoms with Gasteiger partial charge < -0.3 is 9.26 Å². The molecule has 0 bridgehead atoms. The van der Waals surface area contributed by atoms with Gasteiger partial charge in [-0.1, -0.05) is 30.7 Å². The number of nitrogens with zero attached hydrogens (tertiary/aromatic N) is 1. The number of allylic oxidation sites excluding steroid dienone is 1. The summed E-state index contributed by atoms with van der Waals surface area (Å²) in [7, 11) is 0. The van der Waals surface area contributed by atoms with Crippen molar-refractivity contribution < 1.29 is 14.1 Å². The normalized spacial score (nSPS) is 42.4. The number of aryl methyl sites for hydroxylation is 1. The number of rotatable bonds is 1. The largest absolute Gasteiger partial charge is 0.462 e. The highest BCUT2D eigenvalue weighted by Crippen LogP contribution is 2.64. The van der Waals surface area contributed by atoms with E-state index in [1.807, 2.05) is 0 Å². The van der Waals surface area contributed by atoms with Crippen LogP contribution in [-0.4, -0.2) is 17.2 Å². The van der Waals surface area contributed by atoms with E-state index in [4.69, 9.17) is 9.26 Å². The predicted molar refractivity (Wildman–Crippen MR) is 102 cm³/mol. The van der Waals surface area contributed by atoms with E-state index in [1.54, 1.807) is 5.57 Å². The Kier molecular flexibility index (Phi) is 3.71. The molecular formula is C23H31NO3. The van der Waals surface area contributed by atoms with Crippen LogP contribution in [0.5, 0.6) is 0 Å². The second kappa shape index (κ2) is 5.71. The van der Waals surface area contributed by atoms with Crippen LogP contribution in [0.3, 0.4) is 0 Å². The molecule has 146 valence electrons. The molecular weight excluding hydrogens is 338 g/mol. The van der Waals surface area contributed by atoms with E-state index in [0.717, 1.165) is 49.0 Å². The summed E-state index contributed by atoms with van der Waals surface area (Å²) in [4.78, 5) is 11.4. The minimum atomic E-state index is -0.144. The lowest BCUT2D eigenvalue weighted by Gasteiger charge is -2.57. The van der Waals surface area contributed by atoms with Crippen LogP contribution in [0.1, 0.15) is 76.3 Å². The van der Waals surface area contributed by atoms with Gasteiger partial charge in [-0.05, 0) is 62.2 Å². The van der Waals surface area contributed by atoms with Crippen molar-refractivity contribution >= 4 is 5.97 Å². The molecule has 4 aliphatic rings. The van der Waals surface area contributed by atoms with E-state index in [-0.39, 0.29) is 22.9 Å². The van der Waals surface area contributed by atoms with E-state index in [1.165, 1.54) is 31.7 Å². The number of hydrogen-bond acceptors (Lipinski definition) is 4. The molecule has 0 radical (unpaired) electrons. The van der Waals surface area contributed by atoms with Crippen molar-refractivity contribution in [3.05, 3.63) is 28.7 Å². The maximum absolute atomic E-state index is 11.4. The van der Waals surface area contributed by atoms with E-state index >= 15 is 0 Å². The van der Waals surface area contributed by atoms with Crippen molar-refractivity contribution in [1.29, 1.82) is 0 Å². The Labute approximate surface area is 161 Å². The van der Waals surface area contributed by atoms with Crippen molar-refractivity contribution in [1.82, 2.24) is 5.16 Å². The molecule has 6 atom stereocenters. The maximum Gasteiger partial charge on any atom is 0.302 e. The van der Waals surface area contributed by atoms with E-state index in [2.05, 4.69) is 32.0 Å². The van der Waals surface area contributed by atoms with Crippen LogP contribution in [0.15, 0.2) is 16.2 Å². The highest BCUT2D eigenvalue weighted by molar-refractivity contribution is 5.66. The SMILES string of the molecule is CC(=O)O[C@@H]1CC[C@@]2(C)C(=CC[C@@H]3[C@H]4Cc5onc(C)c5[C@@]4(C)CC[C@@H]32)C1. The standard InChI is InChI=1S/C23H31NO3/c1-13-21-20(27-24-13)12-19-17-6-5-15-11-16(26-14(2)25)7-9-22(15,3)18(17)8-10-23(19,21)4/h5,16-19H,6-12H2,1-4H3/t16-,17+,18+,19-,22+,23+/m1/s1. The van der Waals surface area contributed by atoms with Gasteiger partial charge in [-0.25, -0.2) is 0 Å². The van der Waals surface area contributed by atoms with Crippen LogP contribution < -0.4 is 0 Å². The fourth-order valence-corrected chi connectivity index (χ4v) is 7.46. The molecule has 0 aliphatic heterocycles. The average Bonchev–Trinajstić information content (AvgIpc) is 3.12. The lowest BCUT2D eigenvalue weighted by Crippen LogP contribution is -2.51. The van der Waals surface area contributed by atoms with Crippen molar-refractivity contribution in [2.24, 2.45) is 23.2 Å². The zero-order valence-electron chi connectivity index (χ0n) is 17.0. The monoisotopic (exact) mass is 369 g/mol. The summed E-state index contributed by atoms with van der Waals surface area (Å²) in [5, 5.41) is 4.26. The van der Waals surface area contributed by atoms with Gasteiger partial charge in [0.2, 0.25) is 0 Å². The number of carbonyl (C=O) groups excluding carboxylic acids is 1. The third kappa shape index (κ3) is 2.34. The van der Waals surface area contributed by atoms with Gasteiger partial charge in [-0.2, -0.15) is 0 Å². The topological polar surface area (TPSA) is 52.3 Å². The van der Waals surface area contributed by atoms with Crippen LogP contribution >= 0.6 is 0 Å². The van der Waals surface area contributed by atoms with Gasteiger partial charge in [0.1, 0.15) is 11.9 Å². The molecule has 1 aromatic heterocycles. The molecule has 0 spiro atoms. The van der Waals surface area contributed by atoms with Gasteiger partial charge >= 0.3 is 5.97 Å². The van der Waals surface area contributed by atoms with Crippen LogP contribution in [-0.2, 0) is 21.4 Å². The number of ether oxygens (including phenoxy) is 1. The molecule has 0 aromatic carbocycles. The minimum Gasteiger partial charge on any atom is -0.462 e. The third-order valence-electron chi connectivity index (χ3n) is 8.69. The quantitative estimate of drug-likeness (QED) is 0.522. The Hall–Kier alpha value is -1.58. The zero-order valence-corrected chi connectivity index (χ0v) is 17.0. The Balaban J connectivity index is 1.45. The van der Waals surface area contributed by atoms with Crippen LogP contribution in [0.25, 0.3) is 0 Å². The molecule has 5 rings (SSSR count). The second-order valence-corrected chi connectivity index (χ2v) is 9.96. The summed E-state index contributed by atoms with van der Waals surface area (Å²) in [6.07, 6.45) is 10.4. The van der Waals surface area contributed by atoms with Crippen molar-refractivity contribution in [3.8, 4) is 0 Å². The van der Waals surface area contributed by atoms with E-state index in [0.29, 0.717) is 5.92 Å². The predicted octanol–water partition coefficient (Wildman–Crippen LogP) is 4.89. The van der Waals surface area contributed by atoms with Crippen molar-refractivity contribution in [3.63, 3.8) is 0 Å². The van der Waals surface area contributed by atoms with Gasteiger partial charge in [0, 0.05) is 30.7 Å². The summed E-state index contributed by atoms with van der Waals surface area (Å²) in [6.45, 7) is 8.59. The Bertz CT molecular complexity index is 824. The van der Waals surface area contributed by atoms with Gasteiger partial charge in [-0.3, -0.25) is 4.79 Å². The van der Waals surface area contributed by atoms with Gasteiger partial charge in [0.05, 0.1) is 5.69 Å². The molecule has 4 nitrogen and oxygen atoms in total. The molecule has 1 heterocycles. The highest BCUT2D eigenvalue weighted by atomic mass is 16.5. The van der Waals surface area contributed by atoms with Gasteiger partial charge in [0.15, 0.2) is 0 Å². The fraction of sp³-hybridized carbons (Fsp3) is 0.739. The molecule has 4 heteroatoms. The Morgan fingerprint density at radius 3 is 2.74 bits per heavy atom. The molecule has 2 saturated carbocycles. The lowest BCUT2D eigenvalue weighted by molar-refractivity contribution is -0.148. The summed E-state index contributed by atoms with van der Waals surface area (Å²) in [5.41, 5.74) is 4.59. The molecule has 2 fully saturated rings. The van der Waals surface area contributed by atoms with Crippen LogP contribution in [0, 0.1) is 30.1 Å². The number of esters is 1. The number of hydrogen-bond donors (Lipinski definition) is 0. The van der Waals surface area contributed by atoms with Gasteiger partial charge in [-0.15, -0.1) is 0 Å². The molecule has 1 aromatic rings. The highest BCUT2D eigenvalue weighted by Gasteiger charge is 2.59. The third-order valence-corrected chi connectivity index (χ3v) is 8.69. The summed E-state index contributed by atoms with van der Waals surface area (Å²) in [6, 6.07) is 0. The first-order valence-electron chi connectivity index (χ1n) is 10.7. The second-order valence-electron chi connectivity index (χ2n) is 9.96. The number of fused-ring (bicyclic) bond motifs is 7. The molecule has 0 N–H and O–H groups in total. The maximum atomic E-state index is 11.4. The Morgan fingerprint density at radius 2 is 1.96 bits per heavy atom. The smallest absolute Gasteiger partial charge is 0.302 e. The fourth-order valence-electron chi connectivity index (χ4n) is 7.46.